The molecule has 2 aromatic heterocycles. The number of aromatic nitrogens is 1. The van der Waals surface area contributed by atoms with Gasteiger partial charge in [0.15, 0.2) is 0 Å². The number of nitrogens with one attached hydrogen (secondary N) is 1. The van der Waals surface area contributed by atoms with E-state index in [1.54, 1.807) is 29.5 Å². The summed E-state index contributed by atoms with van der Waals surface area (Å²) in [5, 5.41) is 14.0. The molecule has 0 aliphatic rings. The van der Waals surface area contributed by atoms with Crippen LogP contribution in [0.15, 0.2) is 29.1 Å². The number of aromatic hydroxyl groups is 1. The number of pyridine rings is 1. The molecule has 3 rings (SSSR count). The van der Waals surface area contributed by atoms with Gasteiger partial charge < -0.3 is 0 Å². The molecule has 0 spiro atoms. The van der Waals surface area contributed by atoms with E-state index in [0.29, 0.717) is 0 Å². The Labute approximate surface area is 139 Å². The number of phenolic OH excluding ortho intramolecular Hbond substituents is 1. The minimum atomic E-state index is -0.0299. The molecule has 1 unspecified atom stereocenters. The monoisotopic (exact) mass is 378 g/mol. The standard InChI is InChI=1S/C16H19AsN2O2S/c1-19(2)6-5-17-9-11-8-13-12-7-10(20)3-4-14(12)18-16(21)15(13)22-11/h3-4,7-8,17,20H,5-6,9H2,1-2H3,(H,18,21). The van der Waals surface area contributed by atoms with Gasteiger partial charge >= 0.3 is 139 Å². The molecule has 116 valence electrons. The van der Waals surface area contributed by atoms with Crippen molar-refractivity contribution < 1.29 is 5.11 Å². The summed E-state index contributed by atoms with van der Waals surface area (Å²) in [6.45, 7) is 1.14. The van der Waals surface area contributed by atoms with Crippen LogP contribution in [0.5, 0.6) is 5.75 Å². The molecule has 4 nitrogen and oxygen atoms in total. The summed E-state index contributed by atoms with van der Waals surface area (Å²) in [5.74, 6) is 0.230. The van der Waals surface area contributed by atoms with E-state index in [9.17, 15) is 9.90 Å². The first-order valence-electron chi connectivity index (χ1n) is 7.17. The second kappa shape index (κ2) is 6.45. The summed E-state index contributed by atoms with van der Waals surface area (Å²) in [4.78, 5) is 18.6. The number of nitrogens with zero attached hydrogens (tertiary/aromatic N) is 1. The van der Waals surface area contributed by atoms with Crippen molar-refractivity contribution in [3.8, 4) is 5.75 Å². The van der Waals surface area contributed by atoms with Gasteiger partial charge in [0.05, 0.1) is 0 Å². The van der Waals surface area contributed by atoms with Gasteiger partial charge in [-0.15, -0.1) is 0 Å². The van der Waals surface area contributed by atoms with Crippen LogP contribution in [0.1, 0.15) is 4.88 Å². The number of phenols is 1. The Bertz CT molecular complexity index is 870. The number of aromatic amines is 1. The van der Waals surface area contributed by atoms with Gasteiger partial charge in [-0.05, 0) is 0 Å². The molecule has 0 fully saturated rings. The summed E-state index contributed by atoms with van der Waals surface area (Å²) in [5.41, 5.74) is 0.751. The Kier molecular flexibility index (Phi) is 4.57. The van der Waals surface area contributed by atoms with Crippen molar-refractivity contribution in [2.75, 3.05) is 20.6 Å². The van der Waals surface area contributed by atoms with Crippen LogP contribution < -0.4 is 5.56 Å². The summed E-state index contributed by atoms with van der Waals surface area (Å²) < 4.78 is 0.771. The van der Waals surface area contributed by atoms with E-state index in [0.717, 1.165) is 32.7 Å². The fourth-order valence-electron chi connectivity index (χ4n) is 2.46. The Morgan fingerprint density at radius 2 is 2.09 bits per heavy atom. The molecular weight excluding hydrogens is 359 g/mol. The van der Waals surface area contributed by atoms with Gasteiger partial charge in [0, 0.05) is 0 Å². The third-order valence-electron chi connectivity index (χ3n) is 3.57. The van der Waals surface area contributed by atoms with Gasteiger partial charge in [0.25, 0.3) is 0 Å². The maximum absolute atomic E-state index is 12.2. The molecule has 0 saturated carbocycles. The number of hydrogen-bond acceptors (Lipinski definition) is 4. The SMILES string of the molecule is CN(C)CC[AsH]Cc1cc2c(s1)c(=O)[nH]c1ccc(O)cc12. The van der Waals surface area contributed by atoms with Crippen molar-refractivity contribution in [2.24, 2.45) is 0 Å². The number of benzene rings is 1. The number of hydrogen-bond donors (Lipinski definition) is 2. The van der Waals surface area contributed by atoms with Crippen molar-refractivity contribution in [1.29, 1.82) is 0 Å². The second-order valence-corrected chi connectivity index (χ2v) is 9.60. The number of fused-ring (bicyclic) bond motifs is 3. The minimum absolute atomic E-state index is 0.0143. The van der Waals surface area contributed by atoms with Crippen LogP contribution in [0.25, 0.3) is 21.0 Å². The second-order valence-electron chi connectivity index (χ2n) is 5.62. The molecule has 0 bridgehead atoms. The Balaban J connectivity index is 1.94. The molecule has 1 atom stereocenters. The molecule has 0 aliphatic heterocycles. The number of rotatable bonds is 5. The molecule has 2 N–H and O–H groups in total. The van der Waals surface area contributed by atoms with Crippen LogP contribution in [0.3, 0.4) is 0 Å². The molecule has 22 heavy (non-hydrogen) atoms. The summed E-state index contributed by atoms with van der Waals surface area (Å²) >= 11 is 1.58. The topological polar surface area (TPSA) is 56.3 Å². The van der Waals surface area contributed by atoms with Gasteiger partial charge in [-0.2, -0.15) is 0 Å². The van der Waals surface area contributed by atoms with Gasteiger partial charge in [0.1, 0.15) is 0 Å². The van der Waals surface area contributed by atoms with Crippen molar-refractivity contribution in [3.63, 3.8) is 0 Å². The summed E-state index contributed by atoms with van der Waals surface area (Å²) in [6, 6.07) is 7.22. The maximum atomic E-state index is 12.2. The zero-order valence-electron chi connectivity index (χ0n) is 12.6. The van der Waals surface area contributed by atoms with E-state index >= 15 is 0 Å². The van der Waals surface area contributed by atoms with E-state index in [4.69, 9.17) is 0 Å². The fraction of sp³-hybridized carbons (Fsp3) is 0.312. The zero-order chi connectivity index (χ0) is 15.7. The first-order valence-corrected chi connectivity index (χ1v) is 11.0. The van der Waals surface area contributed by atoms with Gasteiger partial charge in [0.2, 0.25) is 0 Å². The Morgan fingerprint density at radius 3 is 2.86 bits per heavy atom. The molecule has 6 heteroatoms. The third-order valence-corrected chi connectivity index (χ3v) is 7.77. The van der Waals surface area contributed by atoms with E-state index in [1.165, 1.54) is 10.1 Å². The quantitative estimate of drug-likeness (QED) is 0.530. The summed E-state index contributed by atoms with van der Waals surface area (Å²) in [7, 11) is 4.20. The van der Waals surface area contributed by atoms with Crippen molar-refractivity contribution in [3.05, 3.63) is 39.5 Å². The number of H-pyrrole nitrogens is 1. The fourth-order valence-corrected chi connectivity index (χ4v) is 6.75. The van der Waals surface area contributed by atoms with E-state index in [1.807, 2.05) is 0 Å². The predicted molar refractivity (Wildman–Crippen MR) is 95.8 cm³/mol. The third kappa shape index (κ3) is 3.22. The van der Waals surface area contributed by atoms with E-state index in [2.05, 4.69) is 30.0 Å². The molecule has 3 aromatic rings. The average molecular weight is 378 g/mol. The zero-order valence-corrected chi connectivity index (χ0v) is 15.6. The molecule has 0 aliphatic carbocycles. The van der Waals surface area contributed by atoms with Crippen LogP contribution in [0.4, 0.5) is 0 Å². The average Bonchev–Trinajstić information content (AvgIpc) is 2.89. The van der Waals surface area contributed by atoms with Crippen LogP contribution >= 0.6 is 11.3 Å². The van der Waals surface area contributed by atoms with Gasteiger partial charge in [-0.3, -0.25) is 0 Å². The van der Waals surface area contributed by atoms with E-state index < -0.39 is 0 Å². The molecular formula is C16H19AsN2O2S. The molecule has 0 amide bonds. The number of thiophene rings is 1. The Morgan fingerprint density at radius 1 is 1.27 bits per heavy atom. The van der Waals surface area contributed by atoms with Crippen molar-refractivity contribution in [2.45, 2.75) is 10.4 Å². The van der Waals surface area contributed by atoms with Crippen molar-refractivity contribution in [1.82, 2.24) is 9.88 Å². The first kappa shape index (κ1) is 15.6. The molecule has 2 heterocycles. The first-order chi connectivity index (χ1) is 10.5. The predicted octanol–water partition coefficient (Wildman–Crippen LogP) is 2.36. The van der Waals surface area contributed by atoms with Gasteiger partial charge in [-0.25, -0.2) is 0 Å². The molecule has 0 radical (unpaired) electrons. The summed E-state index contributed by atoms with van der Waals surface area (Å²) in [6.07, 6.45) is 0. The molecule has 1 aromatic carbocycles. The van der Waals surface area contributed by atoms with Crippen molar-refractivity contribution >= 4 is 48.1 Å². The van der Waals surface area contributed by atoms with E-state index in [-0.39, 0.29) is 27.1 Å². The van der Waals surface area contributed by atoms with Crippen LogP contribution in [0.2, 0.25) is 5.21 Å². The molecule has 0 saturated heterocycles. The van der Waals surface area contributed by atoms with Crippen LogP contribution in [-0.2, 0) is 5.21 Å². The van der Waals surface area contributed by atoms with Gasteiger partial charge in [-0.1, -0.05) is 0 Å². The normalized spacial score (nSPS) is 12.3. The van der Waals surface area contributed by atoms with Crippen LogP contribution in [-0.4, -0.2) is 51.4 Å². The van der Waals surface area contributed by atoms with Crippen LogP contribution in [0, 0.1) is 0 Å². The Hall–Kier alpha value is -1.29.